The fraction of sp³-hybridized carbons (Fsp3) is 0.500. The van der Waals surface area contributed by atoms with Crippen LogP contribution in [0.3, 0.4) is 0 Å². The molecule has 0 bridgehead atoms. The summed E-state index contributed by atoms with van der Waals surface area (Å²) in [6.07, 6.45) is 3.24. The molecule has 0 aromatic heterocycles. The molecule has 158 valence electrons. The minimum Gasteiger partial charge on any atom is -0.444 e. The van der Waals surface area contributed by atoms with Gasteiger partial charge in [0.15, 0.2) is 0 Å². The number of hydrogen-bond donors (Lipinski definition) is 1. The first kappa shape index (κ1) is 22.5. The number of likely N-dealkylation sites (tertiary alicyclic amines) is 1. The van der Waals surface area contributed by atoms with Gasteiger partial charge in [0.05, 0.1) is 0 Å². The number of nitrogens with one attached hydrogen (secondary N) is 1. The predicted octanol–water partition coefficient (Wildman–Crippen LogP) is 3.67. The van der Waals surface area contributed by atoms with Crippen LogP contribution in [0, 0.1) is 0 Å². The molecular weight excluding hydrogens is 370 g/mol. The second kappa shape index (κ2) is 9.58. The van der Waals surface area contributed by atoms with Crippen molar-refractivity contribution in [2.75, 3.05) is 25.5 Å². The maximum atomic E-state index is 12.9. The molecule has 7 nitrogen and oxygen atoms in total. The van der Waals surface area contributed by atoms with E-state index in [4.69, 9.17) is 4.74 Å². The van der Waals surface area contributed by atoms with Crippen molar-refractivity contribution >= 4 is 23.6 Å². The molecule has 1 aromatic carbocycles. The van der Waals surface area contributed by atoms with Crippen molar-refractivity contribution in [2.45, 2.75) is 51.7 Å². The zero-order valence-corrected chi connectivity index (χ0v) is 17.7. The van der Waals surface area contributed by atoms with Gasteiger partial charge in [0.2, 0.25) is 5.91 Å². The first-order valence-corrected chi connectivity index (χ1v) is 9.89. The minimum absolute atomic E-state index is 0.0510. The number of nitrogens with zero attached hydrogens (tertiary/aromatic N) is 2. The van der Waals surface area contributed by atoms with Gasteiger partial charge in [0.1, 0.15) is 5.60 Å². The number of carbonyl (C=O) groups excluding carboxylic acids is 3. The molecule has 0 saturated carbocycles. The molecule has 1 aliphatic heterocycles. The topological polar surface area (TPSA) is 79.0 Å². The van der Waals surface area contributed by atoms with Gasteiger partial charge in [-0.1, -0.05) is 6.58 Å². The minimum atomic E-state index is -0.521. The lowest BCUT2D eigenvalue weighted by molar-refractivity contribution is -0.111. The van der Waals surface area contributed by atoms with Gasteiger partial charge in [-0.2, -0.15) is 0 Å². The Morgan fingerprint density at radius 1 is 1.17 bits per heavy atom. The molecule has 29 heavy (non-hydrogen) atoms. The Hall–Kier alpha value is -2.83. The van der Waals surface area contributed by atoms with Crippen LogP contribution in [0.15, 0.2) is 36.9 Å². The third-order valence-electron chi connectivity index (χ3n) is 4.80. The summed E-state index contributed by atoms with van der Waals surface area (Å²) in [5, 5.41) is 2.66. The number of amides is 3. The van der Waals surface area contributed by atoms with Gasteiger partial charge < -0.3 is 19.9 Å². The second-order valence-electron chi connectivity index (χ2n) is 8.24. The summed E-state index contributed by atoms with van der Waals surface area (Å²) < 4.78 is 5.46. The molecule has 0 aliphatic carbocycles. The molecule has 1 aromatic rings. The number of benzene rings is 1. The monoisotopic (exact) mass is 401 g/mol. The Bertz CT molecular complexity index is 752. The van der Waals surface area contributed by atoms with Crippen molar-refractivity contribution in [1.82, 2.24) is 9.80 Å². The van der Waals surface area contributed by atoms with Gasteiger partial charge in [0.25, 0.3) is 5.91 Å². The maximum absolute atomic E-state index is 12.9. The number of rotatable bonds is 4. The molecule has 1 saturated heterocycles. The highest BCUT2D eigenvalue weighted by Gasteiger charge is 2.28. The summed E-state index contributed by atoms with van der Waals surface area (Å²) >= 11 is 0. The molecule has 7 heteroatoms. The average Bonchev–Trinajstić information content (AvgIpc) is 2.92. The van der Waals surface area contributed by atoms with E-state index in [1.807, 2.05) is 20.8 Å². The van der Waals surface area contributed by atoms with E-state index in [0.717, 1.165) is 12.8 Å². The van der Waals surface area contributed by atoms with Crippen molar-refractivity contribution in [3.8, 4) is 0 Å². The highest BCUT2D eigenvalue weighted by atomic mass is 16.6. The summed E-state index contributed by atoms with van der Waals surface area (Å²) in [5.41, 5.74) is 0.640. The average molecular weight is 402 g/mol. The van der Waals surface area contributed by atoms with E-state index < -0.39 is 5.60 Å². The first-order chi connectivity index (χ1) is 13.6. The molecule has 1 unspecified atom stereocenters. The van der Waals surface area contributed by atoms with Crippen LogP contribution in [-0.2, 0) is 9.53 Å². The van der Waals surface area contributed by atoms with E-state index in [1.165, 1.54) is 6.08 Å². The highest BCUT2D eigenvalue weighted by Crippen LogP contribution is 2.20. The molecule has 1 fully saturated rings. The molecule has 3 amide bonds. The number of anilines is 1. The van der Waals surface area contributed by atoms with E-state index in [1.54, 1.807) is 41.1 Å². The molecule has 0 radical (unpaired) electrons. The van der Waals surface area contributed by atoms with Crippen LogP contribution in [0.25, 0.3) is 0 Å². The van der Waals surface area contributed by atoms with Crippen molar-refractivity contribution in [2.24, 2.45) is 0 Å². The molecule has 1 N–H and O–H groups in total. The number of hydrogen-bond acceptors (Lipinski definition) is 4. The number of carbonyl (C=O) groups is 3. The Kier molecular flexibility index (Phi) is 7.42. The largest absolute Gasteiger partial charge is 0.444 e. The molecule has 1 atom stereocenters. The van der Waals surface area contributed by atoms with Gasteiger partial charge in [0, 0.05) is 37.4 Å². The molecule has 0 spiro atoms. The Balaban J connectivity index is 1.96. The molecular formula is C22H31N3O4. The van der Waals surface area contributed by atoms with E-state index in [2.05, 4.69) is 11.9 Å². The van der Waals surface area contributed by atoms with E-state index in [9.17, 15) is 14.4 Å². The van der Waals surface area contributed by atoms with Gasteiger partial charge in [-0.15, -0.1) is 0 Å². The van der Waals surface area contributed by atoms with E-state index in [-0.39, 0.29) is 23.9 Å². The fourth-order valence-electron chi connectivity index (χ4n) is 3.23. The first-order valence-electron chi connectivity index (χ1n) is 9.89. The van der Waals surface area contributed by atoms with Crippen LogP contribution in [0.1, 0.15) is 50.4 Å². The third-order valence-corrected chi connectivity index (χ3v) is 4.80. The Labute approximate surface area is 172 Å². The summed E-state index contributed by atoms with van der Waals surface area (Å²) in [6, 6.07) is 6.83. The summed E-state index contributed by atoms with van der Waals surface area (Å²) in [6.45, 7) is 10.2. The van der Waals surface area contributed by atoms with Gasteiger partial charge in [-0.3, -0.25) is 9.59 Å². The lowest BCUT2D eigenvalue weighted by Crippen LogP contribution is -2.39. The SMILES string of the molecule is C=CC(=O)Nc1ccc(C(=O)N(C)C2CCCN(C(=O)OC(C)(C)C)CC2)cc1. The zero-order chi connectivity index (χ0) is 21.6. The van der Waals surface area contributed by atoms with E-state index >= 15 is 0 Å². The summed E-state index contributed by atoms with van der Waals surface area (Å²) in [7, 11) is 1.80. The van der Waals surface area contributed by atoms with Crippen LogP contribution in [0.2, 0.25) is 0 Å². The van der Waals surface area contributed by atoms with Crippen molar-refractivity contribution in [1.29, 1.82) is 0 Å². The van der Waals surface area contributed by atoms with Crippen molar-refractivity contribution in [3.63, 3.8) is 0 Å². The standard InChI is InChI=1S/C22H31N3O4/c1-6-19(26)23-17-11-9-16(10-12-17)20(27)24(5)18-8-7-14-25(15-13-18)21(28)29-22(2,3)4/h6,9-12,18H,1,7-8,13-15H2,2-5H3,(H,23,26). The van der Waals surface area contributed by atoms with Crippen LogP contribution in [0.5, 0.6) is 0 Å². The quantitative estimate of drug-likeness (QED) is 0.781. The maximum Gasteiger partial charge on any atom is 0.410 e. The highest BCUT2D eigenvalue weighted by molar-refractivity contribution is 5.99. The normalized spacial score (nSPS) is 17.1. The second-order valence-corrected chi connectivity index (χ2v) is 8.24. The molecule has 2 rings (SSSR count). The van der Waals surface area contributed by atoms with Crippen molar-refractivity contribution < 1.29 is 19.1 Å². The van der Waals surface area contributed by atoms with Crippen LogP contribution in [-0.4, -0.2) is 59.5 Å². The van der Waals surface area contributed by atoms with Gasteiger partial charge in [-0.05, 0) is 70.4 Å². The van der Waals surface area contributed by atoms with Gasteiger partial charge >= 0.3 is 6.09 Å². The third kappa shape index (κ3) is 6.62. The summed E-state index contributed by atoms with van der Waals surface area (Å²) in [4.78, 5) is 40.0. The predicted molar refractivity (Wildman–Crippen MR) is 113 cm³/mol. The molecule has 1 aliphatic rings. The van der Waals surface area contributed by atoms with E-state index in [0.29, 0.717) is 30.8 Å². The Morgan fingerprint density at radius 3 is 2.41 bits per heavy atom. The fourth-order valence-corrected chi connectivity index (χ4v) is 3.23. The lowest BCUT2D eigenvalue weighted by Gasteiger charge is -2.28. The Morgan fingerprint density at radius 2 is 1.83 bits per heavy atom. The van der Waals surface area contributed by atoms with Crippen LogP contribution in [0.4, 0.5) is 10.5 Å². The number of ether oxygens (including phenoxy) is 1. The molecule has 1 heterocycles. The van der Waals surface area contributed by atoms with Crippen LogP contribution >= 0.6 is 0 Å². The van der Waals surface area contributed by atoms with Gasteiger partial charge in [-0.25, -0.2) is 4.79 Å². The smallest absolute Gasteiger partial charge is 0.410 e. The lowest BCUT2D eigenvalue weighted by atomic mass is 10.1. The van der Waals surface area contributed by atoms with Crippen LogP contribution < -0.4 is 5.32 Å². The van der Waals surface area contributed by atoms with Crippen molar-refractivity contribution in [3.05, 3.63) is 42.5 Å². The zero-order valence-electron chi connectivity index (χ0n) is 17.7. The summed E-state index contributed by atoms with van der Waals surface area (Å²) in [5.74, 6) is -0.378.